The predicted octanol–water partition coefficient (Wildman–Crippen LogP) is 7.61. The van der Waals surface area contributed by atoms with E-state index in [0.29, 0.717) is 28.0 Å². The standard InChI is InChI=1S/C26H27Cl2NO3/c1-3-31-24-15-25-21(22(16-32-25)19-9-8-18(27)13-23(19)28)14-20(24)17(2)12-26(30)29-10-6-4-5-7-11-29/h8-9,12-16H,3-7,10-11H2,1-2H3/b17-12+. The fourth-order valence-corrected chi connectivity index (χ4v) is 4.71. The highest BCUT2D eigenvalue weighted by Gasteiger charge is 2.18. The predicted molar refractivity (Wildman–Crippen MR) is 132 cm³/mol. The Kier molecular flexibility index (Phi) is 7.12. The van der Waals surface area contributed by atoms with Gasteiger partial charge in [0.2, 0.25) is 5.91 Å². The molecule has 2 heterocycles. The summed E-state index contributed by atoms with van der Waals surface area (Å²) in [5, 5.41) is 2.04. The molecule has 1 aliphatic rings. The van der Waals surface area contributed by atoms with Crippen LogP contribution in [0.3, 0.4) is 0 Å². The van der Waals surface area contributed by atoms with Crippen LogP contribution in [-0.4, -0.2) is 30.5 Å². The van der Waals surface area contributed by atoms with Crippen LogP contribution in [0.25, 0.3) is 27.7 Å². The summed E-state index contributed by atoms with van der Waals surface area (Å²) in [6.45, 7) is 6.05. The molecule has 0 saturated carbocycles. The van der Waals surface area contributed by atoms with E-state index in [1.807, 2.05) is 43.0 Å². The lowest BCUT2D eigenvalue weighted by Crippen LogP contribution is -2.30. The Labute approximate surface area is 198 Å². The van der Waals surface area contributed by atoms with E-state index < -0.39 is 0 Å². The maximum absolute atomic E-state index is 12.9. The van der Waals surface area contributed by atoms with E-state index in [1.165, 1.54) is 12.8 Å². The average molecular weight is 472 g/mol. The fraction of sp³-hybridized carbons (Fsp3) is 0.346. The number of allylic oxidation sites excluding steroid dienone is 1. The molecule has 4 nitrogen and oxygen atoms in total. The molecule has 2 aromatic carbocycles. The minimum Gasteiger partial charge on any atom is -0.493 e. The summed E-state index contributed by atoms with van der Waals surface area (Å²) >= 11 is 12.5. The van der Waals surface area contributed by atoms with Crippen molar-refractivity contribution in [3.8, 4) is 16.9 Å². The summed E-state index contributed by atoms with van der Waals surface area (Å²) in [5.74, 6) is 0.751. The van der Waals surface area contributed by atoms with Gasteiger partial charge in [-0.3, -0.25) is 4.79 Å². The first-order chi connectivity index (χ1) is 15.5. The van der Waals surface area contributed by atoms with Crippen molar-refractivity contribution in [3.63, 3.8) is 0 Å². The molecule has 1 saturated heterocycles. The van der Waals surface area contributed by atoms with Crippen LogP contribution < -0.4 is 4.74 Å². The number of furan rings is 1. The lowest BCUT2D eigenvalue weighted by molar-refractivity contribution is -0.125. The molecule has 0 bridgehead atoms. The first-order valence-electron chi connectivity index (χ1n) is 11.1. The molecule has 0 unspecified atom stereocenters. The lowest BCUT2D eigenvalue weighted by atomic mass is 9.99. The van der Waals surface area contributed by atoms with Crippen molar-refractivity contribution >= 4 is 45.7 Å². The van der Waals surface area contributed by atoms with Gasteiger partial charge in [-0.15, -0.1) is 0 Å². The normalized spacial score (nSPS) is 15.1. The van der Waals surface area contributed by atoms with Crippen molar-refractivity contribution in [1.29, 1.82) is 0 Å². The third-order valence-corrected chi connectivity index (χ3v) is 6.43. The van der Waals surface area contributed by atoms with Crippen molar-refractivity contribution < 1.29 is 13.9 Å². The summed E-state index contributed by atoms with van der Waals surface area (Å²) in [4.78, 5) is 14.9. The first kappa shape index (κ1) is 22.8. The minimum absolute atomic E-state index is 0.0557. The van der Waals surface area contributed by atoms with Gasteiger partial charge in [0.1, 0.15) is 11.3 Å². The number of benzene rings is 2. The van der Waals surface area contributed by atoms with Crippen LogP contribution in [0.2, 0.25) is 10.0 Å². The highest BCUT2D eigenvalue weighted by atomic mass is 35.5. The molecule has 0 atom stereocenters. The second kappa shape index (κ2) is 10.0. The molecule has 4 rings (SSSR count). The zero-order valence-corrected chi connectivity index (χ0v) is 19.9. The molecule has 168 valence electrons. The third-order valence-electron chi connectivity index (χ3n) is 5.88. The van der Waals surface area contributed by atoms with Gasteiger partial charge in [-0.25, -0.2) is 0 Å². The smallest absolute Gasteiger partial charge is 0.246 e. The number of rotatable bonds is 5. The van der Waals surface area contributed by atoms with Crippen LogP contribution in [0.4, 0.5) is 0 Å². The molecule has 1 aliphatic heterocycles. The number of nitrogens with zero attached hydrogens (tertiary/aromatic N) is 1. The number of likely N-dealkylation sites (tertiary alicyclic amines) is 1. The van der Waals surface area contributed by atoms with Gasteiger partial charge >= 0.3 is 0 Å². The summed E-state index contributed by atoms with van der Waals surface area (Å²) < 4.78 is 11.7. The lowest BCUT2D eigenvalue weighted by Gasteiger charge is -2.19. The fourth-order valence-electron chi connectivity index (χ4n) is 4.20. The van der Waals surface area contributed by atoms with Gasteiger partial charge in [-0.05, 0) is 50.5 Å². The molecular weight excluding hydrogens is 445 g/mol. The third kappa shape index (κ3) is 4.82. The number of fused-ring (bicyclic) bond motifs is 1. The number of hydrogen-bond acceptors (Lipinski definition) is 3. The second-order valence-electron chi connectivity index (χ2n) is 8.12. The van der Waals surface area contributed by atoms with E-state index >= 15 is 0 Å². The van der Waals surface area contributed by atoms with E-state index in [2.05, 4.69) is 0 Å². The average Bonchev–Trinajstić information content (AvgIpc) is 2.97. The molecule has 1 amide bonds. The maximum atomic E-state index is 12.9. The van der Waals surface area contributed by atoms with Crippen LogP contribution in [0.5, 0.6) is 5.75 Å². The van der Waals surface area contributed by atoms with Crippen LogP contribution in [0.15, 0.2) is 47.1 Å². The zero-order chi connectivity index (χ0) is 22.7. The summed E-state index contributed by atoms with van der Waals surface area (Å²) in [7, 11) is 0. The van der Waals surface area contributed by atoms with Crippen molar-refractivity contribution in [2.24, 2.45) is 0 Å². The van der Waals surface area contributed by atoms with E-state index in [9.17, 15) is 4.79 Å². The van der Waals surface area contributed by atoms with Gasteiger partial charge in [0.15, 0.2) is 0 Å². The molecule has 32 heavy (non-hydrogen) atoms. The van der Waals surface area contributed by atoms with Crippen molar-refractivity contribution in [2.75, 3.05) is 19.7 Å². The molecular formula is C26H27Cl2NO3. The topological polar surface area (TPSA) is 42.7 Å². The summed E-state index contributed by atoms with van der Waals surface area (Å²) in [6.07, 6.45) is 7.93. The maximum Gasteiger partial charge on any atom is 0.246 e. The van der Waals surface area contributed by atoms with E-state index in [0.717, 1.165) is 53.6 Å². The van der Waals surface area contributed by atoms with Crippen LogP contribution in [-0.2, 0) is 4.79 Å². The highest BCUT2D eigenvalue weighted by Crippen LogP contribution is 2.40. The number of amides is 1. The Morgan fingerprint density at radius 1 is 1.09 bits per heavy atom. The van der Waals surface area contributed by atoms with Gasteiger partial charge in [-0.2, -0.15) is 0 Å². The summed E-state index contributed by atoms with van der Waals surface area (Å²) in [5.41, 5.74) is 4.14. The molecule has 1 aromatic heterocycles. The molecule has 0 aliphatic carbocycles. The van der Waals surface area contributed by atoms with Crippen molar-refractivity contribution in [2.45, 2.75) is 39.5 Å². The SMILES string of the molecule is CCOc1cc2occ(-c3ccc(Cl)cc3Cl)c2cc1/C(C)=C/C(=O)N1CCCCCC1. The Bertz CT molecular complexity index is 1160. The molecule has 0 spiro atoms. The highest BCUT2D eigenvalue weighted by molar-refractivity contribution is 6.36. The first-order valence-corrected chi connectivity index (χ1v) is 11.8. The van der Waals surface area contributed by atoms with Crippen LogP contribution in [0, 0.1) is 0 Å². The summed E-state index contributed by atoms with van der Waals surface area (Å²) in [6, 6.07) is 9.32. The van der Waals surface area contributed by atoms with Crippen molar-refractivity contribution in [1.82, 2.24) is 4.90 Å². The number of ether oxygens (including phenoxy) is 1. The largest absolute Gasteiger partial charge is 0.493 e. The Morgan fingerprint density at radius 3 is 2.53 bits per heavy atom. The van der Waals surface area contributed by atoms with Gasteiger partial charge in [-0.1, -0.05) is 42.1 Å². The van der Waals surface area contributed by atoms with Crippen LogP contribution >= 0.6 is 23.2 Å². The molecule has 0 radical (unpaired) electrons. The Hall–Kier alpha value is -2.43. The number of carbonyl (C=O) groups is 1. The molecule has 1 fully saturated rings. The van der Waals surface area contributed by atoms with Crippen molar-refractivity contribution in [3.05, 3.63) is 58.3 Å². The van der Waals surface area contributed by atoms with Gasteiger partial charge in [0.05, 0.1) is 17.9 Å². The second-order valence-corrected chi connectivity index (χ2v) is 8.96. The Balaban J connectivity index is 1.76. The van der Waals surface area contributed by atoms with E-state index in [4.69, 9.17) is 32.4 Å². The van der Waals surface area contributed by atoms with Gasteiger partial charge in [0, 0.05) is 52.3 Å². The number of carbonyl (C=O) groups excluding carboxylic acids is 1. The molecule has 0 N–H and O–H groups in total. The minimum atomic E-state index is 0.0557. The number of hydrogen-bond donors (Lipinski definition) is 0. The van der Waals surface area contributed by atoms with Crippen LogP contribution in [0.1, 0.15) is 45.1 Å². The van der Waals surface area contributed by atoms with Gasteiger partial charge < -0.3 is 14.1 Å². The molecule has 3 aromatic rings. The zero-order valence-electron chi connectivity index (χ0n) is 18.4. The molecule has 6 heteroatoms. The monoisotopic (exact) mass is 471 g/mol. The van der Waals surface area contributed by atoms with Gasteiger partial charge in [0.25, 0.3) is 0 Å². The number of halogens is 2. The van der Waals surface area contributed by atoms with E-state index in [1.54, 1.807) is 18.4 Å². The van der Waals surface area contributed by atoms with E-state index in [-0.39, 0.29) is 5.91 Å². The quantitative estimate of drug-likeness (QED) is 0.359. The Morgan fingerprint density at radius 2 is 1.84 bits per heavy atom.